The predicted molar refractivity (Wildman–Crippen MR) is 61.7 cm³/mol. The van der Waals surface area contributed by atoms with Crippen LogP contribution in [-0.2, 0) is 11.3 Å². The first-order chi connectivity index (χ1) is 7.86. The van der Waals surface area contributed by atoms with Crippen molar-refractivity contribution in [2.24, 2.45) is 0 Å². The summed E-state index contributed by atoms with van der Waals surface area (Å²) < 4.78 is 18.6. The lowest BCUT2D eigenvalue weighted by molar-refractivity contribution is 0.116. The molecule has 16 heavy (non-hydrogen) atoms. The molecule has 1 aliphatic carbocycles. The van der Waals surface area contributed by atoms with Crippen LogP contribution in [0.25, 0.3) is 0 Å². The smallest absolute Gasteiger partial charge is 0.128 e. The Morgan fingerprint density at radius 3 is 2.88 bits per heavy atom. The van der Waals surface area contributed by atoms with Crippen molar-refractivity contribution in [3.63, 3.8) is 0 Å². The highest BCUT2D eigenvalue weighted by Crippen LogP contribution is 2.18. The van der Waals surface area contributed by atoms with Crippen LogP contribution in [0.2, 0.25) is 0 Å². The van der Waals surface area contributed by atoms with Crippen molar-refractivity contribution in [2.75, 3.05) is 13.2 Å². The van der Waals surface area contributed by atoms with Gasteiger partial charge < -0.3 is 10.1 Å². The van der Waals surface area contributed by atoms with Crippen molar-refractivity contribution in [1.82, 2.24) is 5.32 Å². The predicted octanol–water partition coefficient (Wildman–Crippen LogP) is 2.48. The van der Waals surface area contributed by atoms with E-state index in [2.05, 4.69) is 5.32 Å². The van der Waals surface area contributed by atoms with Gasteiger partial charge in [0.25, 0.3) is 0 Å². The Morgan fingerprint density at radius 1 is 1.31 bits per heavy atom. The van der Waals surface area contributed by atoms with E-state index in [9.17, 15) is 4.39 Å². The molecule has 0 unspecified atom stereocenters. The third-order valence-electron chi connectivity index (χ3n) is 2.69. The molecule has 0 amide bonds. The third kappa shape index (κ3) is 3.91. The average Bonchev–Trinajstić information content (AvgIpc) is 3.09. The highest BCUT2D eigenvalue weighted by molar-refractivity contribution is 5.16. The lowest BCUT2D eigenvalue weighted by Gasteiger charge is -2.05. The summed E-state index contributed by atoms with van der Waals surface area (Å²) in [4.78, 5) is 0. The van der Waals surface area contributed by atoms with Gasteiger partial charge in [-0.15, -0.1) is 0 Å². The van der Waals surface area contributed by atoms with Gasteiger partial charge in [0.05, 0.1) is 6.61 Å². The number of hydrogen-bond donors (Lipinski definition) is 1. The van der Waals surface area contributed by atoms with Gasteiger partial charge in [-0.05, 0) is 31.9 Å². The number of rotatable bonds is 7. The number of ether oxygens (including phenoxy) is 1. The molecule has 0 aromatic heterocycles. The molecule has 1 saturated carbocycles. The second-order valence-electron chi connectivity index (χ2n) is 4.23. The van der Waals surface area contributed by atoms with E-state index in [0.717, 1.165) is 19.0 Å². The molecule has 2 nitrogen and oxygen atoms in total. The summed E-state index contributed by atoms with van der Waals surface area (Å²) >= 11 is 0. The fourth-order valence-corrected chi connectivity index (χ4v) is 1.57. The average molecular weight is 223 g/mol. The Hall–Kier alpha value is -0.930. The fourth-order valence-electron chi connectivity index (χ4n) is 1.57. The van der Waals surface area contributed by atoms with Crippen LogP contribution in [-0.4, -0.2) is 19.2 Å². The molecule has 88 valence electrons. The van der Waals surface area contributed by atoms with Crippen LogP contribution in [0.3, 0.4) is 0 Å². The summed E-state index contributed by atoms with van der Waals surface area (Å²) in [6.45, 7) is 2.06. The Morgan fingerprint density at radius 2 is 2.12 bits per heavy atom. The van der Waals surface area contributed by atoms with Crippen LogP contribution in [0.1, 0.15) is 24.8 Å². The molecular formula is C13H18FNO. The minimum atomic E-state index is -0.182. The van der Waals surface area contributed by atoms with E-state index >= 15 is 0 Å². The first kappa shape index (κ1) is 11.6. The molecule has 0 atom stereocenters. The zero-order valence-corrected chi connectivity index (χ0v) is 9.42. The summed E-state index contributed by atoms with van der Waals surface area (Å²) in [5.41, 5.74) is 0.637. The zero-order chi connectivity index (χ0) is 11.2. The zero-order valence-electron chi connectivity index (χ0n) is 9.42. The summed E-state index contributed by atoms with van der Waals surface area (Å²) in [5, 5.41) is 3.41. The van der Waals surface area contributed by atoms with Gasteiger partial charge in [-0.3, -0.25) is 0 Å². The van der Waals surface area contributed by atoms with Crippen molar-refractivity contribution in [3.05, 3.63) is 35.6 Å². The quantitative estimate of drug-likeness (QED) is 0.717. The van der Waals surface area contributed by atoms with E-state index in [4.69, 9.17) is 4.74 Å². The van der Waals surface area contributed by atoms with Crippen LogP contribution in [0.4, 0.5) is 4.39 Å². The molecule has 1 fully saturated rings. The number of nitrogens with one attached hydrogen (secondary N) is 1. The van der Waals surface area contributed by atoms with E-state index < -0.39 is 0 Å². The second kappa shape index (κ2) is 5.97. The minimum Gasteiger partial charge on any atom is -0.377 e. The van der Waals surface area contributed by atoms with Gasteiger partial charge in [-0.2, -0.15) is 0 Å². The van der Waals surface area contributed by atoms with Gasteiger partial charge in [0.2, 0.25) is 0 Å². The molecule has 2 rings (SSSR count). The maximum atomic E-state index is 13.2. The molecule has 0 saturated heterocycles. The Labute approximate surface area is 95.8 Å². The summed E-state index contributed by atoms with van der Waals surface area (Å²) in [6, 6.07) is 7.51. The van der Waals surface area contributed by atoms with Crippen molar-refractivity contribution in [2.45, 2.75) is 31.9 Å². The van der Waals surface area contributed by atoms with Crippen LogP contribution < -0.4 is 5.32 Å². The number of benzene rings is 1. The molecule has 0 bridgehead atoms. The third-order valence-corrected chi connectivity index (χ3v) is 2.69. The van der Waals surface area contributed by atoms with Crippen molar-refractivity contribution >= 4 is 0 Å². The Bertz CT molecular complexity index is 325. The lowest BCUT2D eigenvalue weighted by Crippen LogP contribution is -2.18. The molecule has 0 spiro atoms. The summed E-state index contributed by atoms with van der Waals surface area (Å²) in [5.74, 6) is -0.182. The highest BCUT2D eigenvalue weighted by atomic mass is 19.1. The molecule has 1 N–H and O–H groups in total. The SMILES string of the molecule is Fc1ccccc1COCCCNC1CC1. The van der Waals surface area contributed by atoms with Gasteiger partial charge in [-0.1, -0.05) is 18.2 Å². The number of hydrogen-bond acceptors (Lipinski definition) is 2. The molecule has 3 heteroatoms. The summed E-state index contributed by atoms with van der Waals surface area (Å²) in [7, 11) is 0. The summed E-state index contributed by atoms with van der Waals surface area (Å²) in [6.07, 6.45) is 3.62. The molecule has 0 aliphatic heterocycles. The van der Waals surface area contributed by atoms with Crippen molar-refractivity contribution in [3.8, 4) is 0 Å². The standard InChI is InChI=1S/C13H18FNO/c14-13-5-2-1-4-11(13)10-16-9-3-8-15-12-6-7-12/h1-2,4-5,12,15H,3,6-10H2. The minimum absolute atomic E-state index is 0.182. The molecular weight excluding hydrogens is 205 g/mol. The van der Waals surface area contributed by atoms with Crippen LogP contribution in [0.15, 0.2) is 24.3 Å². The monoisotopic (exact) mass is 223 g/mol. The van der Waals surface area contributed by atoms with Crippen LogP contribution in [0.5, 0.6) is 0 Å². The van der Waals surface area contributed by atoms with Gasteiger partial charge in [0, 0.05) is 18.2 Å². The van der Waals surface area contributed by atoms with E-state index in [1.807, 2.05) is 6.07 Å². The lowest BCUT2D eigenvalue weighted by atomic mass is 10.2. The normalized spacial score (nSPS) is 15.3. The van der Waals surface area contributed by atoms with Crippen molar-refractivity contribution in [1.29, 1.82) is 0 Å². The number of halogens is 1. The molecule has 1 aromatic carbocycles. The Balaban J connectivity index is 1.55. The van der Waals surface area contributed by atoms with E-state index in [1.54, 1.807) is 12.1 Å². The van der Waals surface area contributed by atoms with Gasteiger partial charge in [0.15, 0.2) is 0 Å². The topological polar surface area (TPSA) is 21.3 Å². The Kier molecular flexibility index (Phi) is 4.31. The second-order valence-corrected chi connectivity index (χ2v) is 4.23. The van der Waals surface area contributed by atoms with Gasteiger partial charge >= 0.3 is 0 Å². The van der Waals surface area contributed by atoms with Crippen molar-refractivity contribution < 1.29 is 9.13 Å². The first-order valence-electron chi connectivity index (χ1n) is 5.91. The van der Waals surface area contributed by atoms with Crippen LogP contribution >= 0.6 is 0 Å². The maximum Gasteiger partial charge on any atom is 0.128 e. The first-order valence-corrected chi connectivity index (χ1v) is 5.91. The largest absolute Gasteiger partial charge is 0.377 e. The highest BCUT2D eigenvalue weighted by Gasteiger charge is 2.19. The van der Waals surface area contributed by atoms with E-state index in [1.165, 1.54) is 18.9 Å². The van der Waals surface area contributed by atoms with Crippen LogP contribution in [0, 0.1) is 5.82 Å². The molecule has 1 aliphatic rings. The van der Waals surface area contributed by atoms with Gasteiger partial charge in [-0.25, -0.2) is 4.39 Å². The maximum absolute atomic E-state index is 13.2. The fraction of sp³-hybridized carbons (Fsp3) is 0.538. The molecule has 0 radical (unpaired) electrons. The van der Waals surface area contributed by atoms with E-state index in [-0.39, 0.29) is 5.82 Å². The molecule has 1 aromatic rings. The molecule has 0 heterocycles. The van der Waals surface area contributed by atoms with E-state index in [0.29, 0.717) is 18.8 Å². The van der Waals surface area contributed by atoms with Gasteiger partial charge in [0.1, 0.15) is 5.82 Å².